The number of benzene rings is 1. The number of hydrogen-bond acceptors (Lipinski definition) is 2. The molecule has 4 nitrogen and oxygen atoms in total. The highest BCUT2D eigenvalue weighted by Crippen LogP contribution is 2.31. The smallest absolute Gasteiger partial charge is 0.193 e. The quantitative estimate of drug-likeness (QED) is 0.575. The lowest BCUT2D eigenvalue weighted by molar-refractivity contribution is 0.0264. The van der Waals surface area contributed by atoms with Crippen LogP contribution < -0.4 is 5.32 Å². The van der Waals surface area contributed by atoms with Gasteiger partial charge in [0, 0.05) is 48.7 Å². The summed E-state index contributed by atoms with van der Waals surface area (Å²) in [4.78, 5) is 7.16. The molecule has 140 valence electrons. The van der Waals surface area contributed by atoms with E-state index in [0.29, 0.717) is 22.7 Å². The van der Waals surface area contributed by atoms with E-state index >= 15 is 0 Å². The number of rotatable bonds is 6. The predicted molar refractivity (Wildman–Crippen MR) is 107 cm³/mol. The second-order valence-corrected chi connectivity index (χ2v) is 7.19. The maximum atomic E-state index is 6.32. The minimum atomic E-state index is 0.163. The molecule has 1 aromatic rings. The fourth-order valence-electron chi connectivity index (χ4n) is 3.19. The third-order valence-electron chi connectivity index (χ3n) is 4.49. The SMILES string of the molecule is CCNC(=NCC(C)c1c(Cl)cccc1Cl)N1CCC(OCC)CC1. The molecule has 2 rings (SSSR count). The third-order valence-corrected chi connectivity index (χ3v) is 5.15. The number of likely N-dealkylation sites (tertiary alicyclic amines) is 1. The minimum Gasteiger partial charge on any atom is -0.378 e. The van der Waals surface area contributed by atoms with Gasteiger partial charge < -0.3 is 15.0 Å². The molecule has 1 unspecified atom stereocenters. The molecule has 0 bridgehead atoms. The Morgan fingerprint density at radius 3 is 2.48 bits per heavy atom. The van der Waals surface area contributed by atoms with Crippen molar-refractivity contribution in [3.05, 3.63) is 33.8 Å². The summed E-state index contributed by atoms with van der Waals surface area (Å²) >= 11 is 12.6. The molecule has 1 heterocycles. The van der Waals surface area contributed by atoms with Crippen molar-refractivity contribution in [1.82, 2.24) is 10.2 Å². The molecule has 25 heavy (non-hydrogen) atoms. The molecule has 1 atom stereocenters. The van der Waals surface area contributed by atoms with Gasteiger partial charge in [-0.1, -0.05) is 36.2 Å². The Balaban J connectivity index is 2.02. The van der Waals surface area contributed by atoms with Gasteiger partial charge in [-0.2, -0.15) is 0 Å². The van der Waals surface area contributed by atoms with Crippen molar-refractivity contribution < 1.29 is 4.74 Å². The van der Waals surface area contributed by atoms with Gasteiger partial charge in [0.15, 0.2) is 5.96 Å². The van der Waals surface area contributed by atoms with Crippen molar-refractivity contribution in [1.29, 1.82) is 0 Å². The first-order valence-corrected chi connectivity index (χ1v) is 9.91. The van der Waals surface area contributed by atoms with Gasteiger partial charge in [-0.25, -0.2) is 0 Å². The van der Waals surface area contributed by atoms with E-state index in [0.717, 1.165) is 50.6 Å². The molecule has 0 aromatic heterocycles. The van der Waals surface area contributed by atoms with Crippen molar-refractivity contribution in [2.24, 2.45) is 4.99 Å². The number of piperidine rings is 1. The molecule has 0 radical (unpaired) electrons. The maximum Gasteiger partial charge on any atom is 0.193 e. The van der Waals surface area contributed by atoms with Crippen molar-refractivity contribution in [3.8, 4) is 0 Å². The predicted octanol–water partition coefficient (Wildman–Crippen LogP) is 4.56. The molecule has 1 saturated heterocycles. The molecule has 0 saturated carbocycles. The zero-order valence-electron chi connectivity index (χ0n) is 15.4. The first-order chi connectivity index (χ1) is 12.1. The standard InChI is InChI=1S/C19H29Cl2N3O/c1-4-22-19(24-11-9-15(10-12-24)25-5-2)23-13-14(3)18-16(20)7-6-8-17(18)21/h6-8,14-15H,4-5,9-13H2,1-3H3,(H,22,23). The van der Waals surface area contributed by atoms with Crippen LogP contribution in [0.15, 0.2) is 23.2 Å². The summed E-state index contributed by atoms with van der Waals surface area (Å²) in [7, 11) is 0. The number of halogens is 2. The van der Waals surface area contributed by atoms with Gasteiger partial charge >= 0.3 is 0 Å². The average Bonchev–Trinajstić information content (AvgIpc) is 2.59. The highest BCUT2D eigenvalue weighted by molar-refractivity contribution is 6.36. The van der Waals surface area contributed by atoms with Crippen molar-refractivity contribution in [3.63, 3.8) is 0 Å². The van der Waals surface area contributed by atoms with Crippen LogP contribution in [0.2, 0.25) is 10.0 Å². The number of aliphatic imine (C=N–C) groups is 1. The van der Waals surface area contributed by atoms with Crippen molar-refractivity contribution in [2.45, 2.75) is 45.6 Å². The first kappa shape index (κ1) is 20.3. The molecule has 1 aliphatic heterocycles. The summed E-state index contributed by atoms with van der Waals surface area (Å²) in [6.45, 7) is 10.5. The highest BCUT2D eigenvalue weighted by atomic mass is 35.5. The first-order valence-electron chi connectivity index (χ1n) is 9.15. The number of nitrogens with one attached hydrogen (secondary N) is 1. The number of hydrogen-bond donors (Lipinski definition) is 1. The second-order valence-electron chi connectivity index (χ2n) is 6.37. The van der Waals surface area contributed by atoms with E-state index < -0.39 is 0 Å². The molecule has 1 aliphatic rings. The van der Waals surface area contributed by atoms with Gasteiger partial charge in [-0.3, -0.25) is 4.99 Å². The van der Waals surface area contributed by atoms with E-state index in [1.807, 2.05) is 18.2 Å². The van der Waals surface area contributed by atoms with Crippen LogP contribution in [-0.2, 0) is 4.74 Å². The summed E-state index contributed by atoms with van der Waals surface area (Å²) in [6, 6.07) is 5.64. The van der Waals surface area contributed by atoms with Gasteiger partial charge in [0.25, 0.3) is 0 Å². The average molecular weight is 386 g/mol. The van der Waals surface area contributed by atoms with Gasteiger partial charge in [-0.15, -0.1) is 0 Å². The lowest BCUT2D eigenvalue weighted by atomic mass is 10.0. The summed E-state index contributed by atoms with van der Waals surface area (Å²) in [5.74, 6) is 1.13. The molecule has 0 amide bonds. The van der Waals surface area contributed by atoms with Crippen LogP contribution in [0.4, 0.5) is 0 Å². The second kappa shape index (κ2) is 10.2. The molecular formula is C19H29Cl2N3O. The van der Waals surface area contributed by atoms with Crippen LogP contribution in [0.3, 0.4) is 0 Å². The Hall–Kier alpha value is -0.970. The van der Waals surface area contributed by atoms with Crippen LogP contribution in [0.1, 0.15) is 45.1 Å². The monoisotopic (exact) mass is 385 g/mol. The Morgan fingerprint density at radius 2 is 1.92 bits per heavy atom. The molecule has 6 heteroatoms. The lowest BCUT2D eigenvalue weighted by Crippen LogP contribution is -2.47. The van der Waals surface area contributed by atoms with Crippen molar-refractivity contribution in [2.75, 3.05) is 32.8 Å². The summed E-state index contributed by atoms with van der Waals surface area (Å²) < 4.78 is 5.74. The van der Waals surface area contributed by atoms with Gasteiger partial charge in [-0.05, 0) is 44.4 Å². The van der Waals surface area contributed by atoms with E-state index in [-0.39, 0.29) is 5.92 Å². The molecule has 1 N–H and O–H groups in total. The normalized spacial score (nSPS) is 17.6. The van der Waals surface area contributed by atoms with Crippen LogP contribution in [0.25, 0.3) is 0 Å². The molecule has 1 fully saturated rings. The summed E-state index contributed by atoms with van der Waals surface area (Å²) in [5, 5.41) is 4.82. The molecule has 0 aliphatic carbocycles. The largest absolute Gasteiger partial charge is 0.378 e. The van der Waals surface area contributed by atoms with E-state index in [9.17, 15) is 0 Å². The lowest BCUT2D eigenvalue weighted by Gasteiger charge is -2.34. The van der Waals surface area contributed by atoms with E-state index in [1.54, 1.807) is 0 Å². The van der Waals surface area contributed by atoms with Crippen LogP contribution >= 0.6 is 23.2 Å². The van der Waals surface area contributed by atoms with Gasteiger partial charge in [0.2, 0.25) is 0 Å². The Kier molecular flexibility index (Phi) is 8.34. The van der Waals surface area contributed by atoms with E-state index in [1.165, 1.54) is 0 Å². The number of ether oxygens (including phenoxy) is 1. The fraction of sp³-hybridized carbons (Fsp3) is 0.632. The summed E-state index contributed by atoms with van der Waals surface area (Å²) in [5.41, 5.74) is 0.973. The maximum absolute atomic E-state index is 6.32. The van der Waals surface area contributed by atoms with Gasteiger partial charge in [0.05, 0.1) is 6.10 Å². The molecular weight excluding hydrogens is 357 g/mol. The van der Waals surface area contributed by atoms with Crippen LogP contribution in [-0.4, -0.2) is 49.7 Å². The fourth-order valence-corrected chi connectivity index (χ4v) is 3.96. The Labute approximate surface area is 161 Å². The highest BCUT2D eigenvalue weighted by Gasteiger charge is 2.22. The number of nitrogens with zero attached hydrogens (tertiary/aromatic N) is 2. The topological polar surface area (TPSA) is 36.9 Å². The Morgan fingerprint density at radius 1 is 1.28 bits per heavy atom. The Bertz CT molecular complexity index is 552. The van der Waals surface area contributed by atoms with Crippen LogP contribution in [0, 0.1) is 0 Å². The zero-order chi connectivity index (χ0) is 18.2. The van der Waals surface area contributed by atoms with Crippen LogP contribution in [0.5, 0.6) is 0 Å². The minimum absolute atomic E-state index is 0.163. The van der Waals surface area contributed by atoms with Gasteiger partial charge in [0.1, 0.15) is 0 Å². The molecule has 1 aromatic carbocycles. The third kappa shape index (κ3) is 5.77. The number of guanidine groups is 1. The zero-order valence-corrected chi connectivity index (χ0v) is 16.9. The van der Waals surface area contributed by atoms with E-state index in [4.69, 9.17) is 32.9 Å². The van der Waals surface area contributed by atoms with Crippen molar-refractivity contribution >= 4 is 29.2 Å². The molecule has 0 spiro atoms. The summed E-state index contributed by atoms with van der Waals surface area (Å²) in [6.07, 6.45) is 2.47. The van der Waals surface area contributed by atoms with E-state index in [2.05, 4.69) is 31.0 Å².